The zero-order valence-electron chi connectivity index (χ0n) is 14.5. The van der Waals surface area contributed by atoms with Crippen molar-refractivity contribution in [2.75, 3.05) is 21.3 Å². The number of aromatic carboxylic acids is 1. The molecule has 6 nitrogen and oxygen atoms in total. The maximum atomic E-state index is 11.0. The Kier molecular flexibility index (Phi) is 5.09. The lowest BCUT2D eigenvalue weighted by atomic mass is 10.1. The third-order valence-corrected chi connectivity index (χ3v) is 4.73. The molecule has 0 atom stereocenters. The molecule has 26 heavy (non-hydrogen) atoms. The van der Waals surface area contributed by atoms with Crippen molar-refractivity contribution in [1.82, 2.24) is 4.37 Å². The highest BCUT2D eigenvalue weighted by atomic mass is 32.1. The molecular formula is C19H17NO5S. The van der Waals surface area contributed by atoms with Gasteiger partial charge in [0.05, 0.1) is 37.5 Å². The summed E-state index contributed by atoms with van der Waals surface area (Å²) < 4.78 is 20.6. The molecule has 3 rings (SSSR count). The Balaban J connectivity index is 1.98. The Bertz CT molecular complexity index is 908. The fourth-order valence-corrected chi connectivity index (χ4v) is 3.30. The van der Waals surface area contributed by atoms with Crippen molar-refractivity contribution in [2.24, 2.45) is 0 Å². The summed E-state index contributed by atoms with van der Waals surface area (Å²) in [5.41, 5.74) is 2.76. The standard InChI is InChI=1S/C19H17NO5S/c1-23-15-8-13(9-16(24-2)18(15)25-3)17-10-14(20-26-17)11-4-6-12(7-5-11)19(21)22/h4-10H,1-3H3,(H,21,22). The molecule has 3 aromatic rings. The first-order valence-electron chi connectivity index (χ1n) is 7.68. The minimum absolute atomic E-state index is 0.244. The average molecular weight is 371 g/mol. The van der Waals surface area contributed by atoms with Gasteiger partial charge in [0.15, 0.2) is 11.5 Å². The van der Waals surface area contributed by atoms with Gasteiger partial charge in [-0.05, 0) is 41.9 Å². The predicted octanol–water partition coefficient (Wildman–Crippen LogP) is 4.20. The van der Waals surface area contributed by atoms with Gasteiger partial charge in [0.2, 0.25) is 5.75 Å². The molecule has 2 aromatic carbocycles. The van der Waals surface area contributed by atoms with Gasteiger partial charge in [-0.1, -0.05) is 12.1 Å². The van der Waals surface area contributed by atoms with Gasteiger partial charge in [0, 0.05) is 11.1 Å². The molecule has 0 spiro atoms. The van der Waals surface area contributed by atoms with E-state index in [1.807, 2.05) is 18.2 Å². The van der Waals surface area contributed by atoms with E-state index in [-0.39, 0.29) is 5.56 Å². The van der Waals surface area contributed by atoms with Crippen molar-refractivity contribution in [3.05, 3.63) is 48.0 Å². The van der Waals surface area contributed by atoms with Crippen molar-refractivity contribution in [2.45, 2.75) is 0 Å². The quantitative estimate of drug-likeness (QED) is 0.700. The number of hydrogen-bond acceptors (Lipinski definition) is 6. The molecule has 7 heteroatoms. The fraction of sp³-hybridized carbons (Fsp3) is 0.158. The molecule has 0 amide bonds. The van der Waals surface area contributed by atoms with Crippen LogP contribution in [0.15, 0.2) is 42.5 Å². The van der Waals surface area contributed by atoms with Crippen molar-refractivity contribution in [3.63, 3.8) is 0 Å². The van der Waals surface area contributed by atoms with E-state index in [4.69, 9.17) is 19.3 Å². The Hall–Kier alpha value is -3.06. The van der Waals surface area contributed by atoms with E-state index in [0.717, 1.165) is 21.7 Å². The van der Waals surface area contributed by atoms with Crippen molar-refractivity contribution in [3.8, 4) is 38.9 Å². The van der Waals surface area contributed by atoms with Crippen molar-refractivity contribution >= 4 is 17.5 Å². The summed E-state index contributed by atoms with van der Waals surface area (Å²) in [6.07, 6.45) is 0. The molecule has 0 radical (unpaired) electrons. The maximum Gasteiger partial charge on any atom is 0.335 e. The number of benzene rings is 2. The molecule has 1 N–H and O–H groups in total. The summed E-state index contributed by atoms with van der Waals surface area (Å²) in [6.45, 7) is 0. The number of rotatable bonds is 6. The van der Waals surface area contributed by atoms with E-state index < -0.39 is 5.97 Å². The summed E-state index contributed by atoms with van der Waals surface area (Å²) in [6, 6.07) is 12.3. The van der Waals surface area contributed by atoms with Crippen LogP contribution in [-0.4, -0.2) is 36.8 Å². The van der Waals surface area contributed by atoms with Crippen LogP contribution in [0.25, 0.3) is 21.7 Å². The number of carboxylic acids is 1. The lowest BCUT2D eigenvalue weighted by Gasteiger charge is -2.13. The summed E-state index contributed by atoms with van der Waals surface area (Å²) >= 11 is 1.34. The number of nitrogens with zero attached hydrogens (tertiary/aromatic N) is 1. The molecule has 134 valence electrons. The Morgan fingerprint density at radius 2 is 1.54 bits per heavy atom. The number of ether oxygens (including phenoxy) is 3. The van der Waals surface area contributed by atoms with Crippen LogP contribution in [0.2, 0.25) is 0 Å². The Morgan fingerprint density at radius 3 is 2.04 bits per heavy atom. The minimum Gasteiger partial charge on any atom is -0.493 e. The van der Waals surface area contributed by atoms with Gasteiger partial charge in [0.1, 0.15) is 0 Å². The van der Waals surface area contributed by atoms with Gasteiger partial charge >= 0.3 is 5.97 Å². The van der Waals surface area contributed by atoms with Crippen molar-refractivity contribution < 1.29 is 24.1 Å². The van der Waals surface area contributed by atoms with Crippen LogP contribution in [0.1, 0.15) is 10.4 Å². The molecule has 1 heterocycles. The second kappa shape index (κ2) is 7.45. The molecule has 0 saturated carbocycles. The molecule has 0 aliphatic heterocycles. The van der Waals surface area contributed by atoms with E-state index in [1.54, 1.807) is 45.6 Å². The number of hydrogen-bond donors (Lipinski definition) is 1. The summed E-state index contributed by atoms with van der Waals surface area (Å²) in [7, 11) is 4.71. The lowest BCUT2D eigenvalue weighted by Crippen LogP contribution is -1.95. The van der Waals surface area contributed by atoms with Gasteiger partial charge in [0.25, 0.3) is 0 Å². The Labute approximate surface area is 154 Å². The smallest absolute Gasteiger partial charge is 0.335 e. The first-order chi connectivity index (χ1) is 12.6. The highest BCUT2D eigenvalue weighted by Gasteiger charge is 2.16. The molecular weight excluding hydrogens is 354 g/mol. The normalized spacial score (nSPS) is 10.4. The fourth-order valence-electron chi connectivity index (χ4n) is 2.55. The zero-order chi connectivity index (χ0) is 18.7. The van der Waals surface area contributed by atoms with Gasteiger partial charge < -0.3 is 19.3 Å². The van der Waals surface area contributed by atoms with Crippen LogP contribution in [0.3, 0.4) is 0 Å². The molecule has 0 fully saturated rings. The Morgan fingerprint density at radius 1 is 0.923 bits per heavy atom. The van der Waals surface area contributed by atoms with Crippen LogP contribution >= 0.6 is 11.5 Å². The summed E-state index contributed by atoms with van der Waals surface area (Å²) in [4.78, 5) is 11.9. The SMILES string of the molecule is COc1cc(-c2cc(-c3ccc(C(=O)O)cc3)ns2)cc(OC)c1OC. The molecule has 0 aliphatic carbocycles. The second-order valence-corrected chi connectivity index (χ2v) is 6.18. The molecule has 0 unspecified atom stereocenters. The van der Waals surface area contributed by atoms with Crippen LogP contribution in [0, 0.1) is 0 Å². The van der Waals surface area contributed by atoms with Crippen LogP contribution in [0.5, 0.6) is 17.2 Å². The van der Waals surface area contributed by atoms with Gasteiger partial charge in [-0.2, -0.15) is 4.37 Å². The van der Waals surface area contributed by atoms with E-state index >= 15 is 0 Å². The molecule has 0 saturated heterocycles. The van der Waals surface area contributed by atoms with Gasteiger partial charge in [-0.15, -0.1) is 0 Å². The first kappa shape index (κ1) is 17.8. The van der Waals surface area contributed by atoms with Gasteiger partial charge in [-0.25, -0.2) is 4.79 Å². The predicted molar refractivity (Wildman–Crippen MR) is 99.6 cm³/mol. The number of carboxylic acid groups (broad SMARTS) is 1. The topological polar surface area (TPSA) is 77.9 Å². The largest absolute Gasteiger partial charge is 0.493 e. The van der Waals surface area contributed by atoms with Crippen LogP contribution < -0.4 is 14.2 Å². The van der Waals surface area contributed by atoms with E-state index in [9.17, 15) is 4.79 Å². The highest BCUT2D eigenvalue weighted by molar-refractivity contribution is 7.09. The highest BCUT2D eigenvalue weighted by Crippen LogP contribution is 2.42. The van der Waals surface area contributed by atoms with E-state index in [0.29, 0.717) is 17.2 Å². The summed E-state index contributed by atoms with van der Waals surface area (Å²) in [5.74, 6) is 0.728. The second-order valence-electron chi connectivity index (χ2n) is 5.37. The molecule has 0 bridgehead atoms. The third-order valence-electron chi connectivity index (χ3n) is 3.89. The summed E-state index contributed by atoms with van der Waals surface area (Å²) in [5, 5.41) is 8.99. The van der Waals surface area contributed by atoms with Crippen LogP contribution in [0.4, 0.5) is 0 Å². The number of aromatic nitrogens is 1. The van der Waals surface area contributed by atoms with E-state index in [2.05, 4.69) is 4.37 Å². The molecule has 0 aliphatic rings. The number of methoxy groups -OCH3 is 3. The minimum atomic E-state index is -0.951. The van der Waals surface area contributed by atoms with E-state index in [1.165, 1.54) is 11.5 Å². The monoisotopic (exact) mass is 371 g/mol. The van der Waals surface area contributed by atoms with Crippen LogP contribution in [-0.2, 0) is 0 Å². The molecule has 1 aromatic heterocycles. The first-order valence-corrected chi connectivity index (χ1v) is 8.45. The van der Waals surface area contributed by atoms with Crippen molar-refractivity contribution in [1.29, 1.82) is 0 Å². The van der Waals surface area contributed by atoms with Gasteiger partial charge in [-0.3, -0.25) is 0 Å². The lowest BCUT2D eigenvalue weighted by molar-refractivity contribution is 0.0697. The average Bonchev–Trinajstić information content (AvgIpc) is 3.17. The maximum absolute atomic E-state index is 11.0. The zero-order valence-corrected chi connectivity index (χ0v) is 15.3. The number of carbonyl (C=O) groups is 1. The third kappa shape index (κ3) is 3.34.